The second-order valence-electron chi connectivity index (χ2n) is 4.43. The lowest BCUT2D eigenvalue weighted by atomic mass is 10.1. The van der Waals surface area contributed by atoms with Gasteiger partial charge in [0, 0.05) is 11.3 Å². The Morgan fingerprint density at radius 1 is 1.18 bits per heavy atom. The van der Waals surface area contributed by atoms with E-state index in [2.05, 4.69) is 15.5 Å². The topological polar surface area (TPSA) is 70.9 Å². The molecule has 1 heterocycles. The summed E-state index contributed by atoms with van der Waals surface area (Å²) in [5, 5.41) is 9.06. The molecule has 5 nitrogen and oxygen atoms in total. The molecule has 1 amide bonds. The van der Waals surface area contributed by atoms with Crippen molar-refractivity contribution in [2.45, 2.75) is 0 Å². The fraction of sp³-hybridized carbons (Fsp3) is 0. The van der Waals surface area contributed by atoms with E-state index in [0.29, 0.717) is 17.1 Å². The third-order valence-electron chi connectivity index (χ3n) is 2.95. The summed E-state index contributed by atoms with van der Waals surface area (Å²) in [6.07, 6.45) is 0. The van der Waals surface area contributed by atoms with Crippen molar-refractivity contribution >= 4 is 23.8 Å². The maximum Gasteiger partial charge on any atom is 0.284 e. The number of halogens is 1. The van der Waals surface area contributed by atoms with Gasteiger partial charge >= 0.3 is 0 Å². The molecule has 0 fully saturated rings. The number of benzene rings is 2. The lowest BCUT2D eigenvalue weighted by Gasteiger charge is -2.06. The zero-order chi connectivity index (χ0) is 15.5. The van der Waals surface area contributed by atoms with E-state index in [4.69, 9.17) is 16.6 Å². The molecule has 0 aliphatic heterocycles. The molecule has 0 spiro atoms. The molecule has 3 rings (SSSR count). The molecule has 0 radical (unpaired) electrons. The Balaban J connectivity index is 1.78. The Labute approximate surface area is 129 Å². The molecule has 0 unspecified atom stereocenters. The van der Waals surface area contributed by atoms with E-state index in [-0.39, 0.29) is 10.4 Å². The zero-order valence-corrected chi connectivity index (χ0v) is 12.0. The summed E-state index contributed by atoms with van der Waals surface area (Å²) in [4.78, 5) is 12.2. The minimum atomic E-state index is -0.565. The van der Waals surface area contributed by atoms with Crippen LogP contribution in [-0.4, -0.2) is 16.1 Å². The van der Waals surface area contributed by atoms with Gasteiger partial charge in [0.15, 0.2) is 0 Å². The molecule has 0 aliphatic carbocycles. The van der Waals surface area contributed by atoms with Crippen LogP contribution in [-0.2, 0) is 0 Å². The van der Waals surface area contributed by atoms with Crippen LogP contribution >= 0.6 is 12.2 Å². The summed E-state index contributed by atoms with van der Waals surface area (Å²) in [5.41, 5.74) is 1.23. The van der Waals surface area contributed by atoms with E-state index in [0.717, 1.165) is 0 Å². The van der Waals surface area contributed by atoms with Gasteiger partial charge in [0.2, 0.25) is 5.89 Å². The van der Waals surface area contributed by atoms with Gasteiger partial charge in [-0.1, -0.05) is 12.1 Å². The zero-order valence-electron chi connectivity index (χ0n) is 11.2. The lowest BCUT2D eigenvalue weighted by molar-refractivity contribution is 0.102. The molecule has 0 saturated carbocycles. The van der Waals surface area contributed by atoms with Crippen LogP contribution in [0.2, 0.25) is 0 Å². The lowest BCUT2D eigenvalue weighted by Crippen LogP contribution is -2.13. The number of anilines is 1. The fourth-order valence-electron chi connectivity index (χ4n) is 1.89. The summed E-state index contributed by atoms with van der Waals surface area (Å²) in [5.74, 6) is -0.718. The van der Waals surface area contributed by atoms with E-state index in [1.807, 2.05) is 0 Å². The van der Waals surface area contributed by atoms with E-state index in [1.54, 1.807) is 30.3 Å². The summed E-state index contributed by atoms with van der Waals surface area (Å²) in [6, 6.07) is 12.6. The number of nitrogens with one attached hydrogen (secondary N) is 2. The second kappa shape index (κ2) is 5.90. The maximum absolute atomic E-state index is 13.5. The Morgan fingerprint density at radius 3 is 2.55 bits per heavy atom. The largest absolute Gasteiger partial charge is 0.409 e. The summed E-state index contributed by atoms with van der Waals surface area (Å²) < 4.78 is 18.7. The van der Waals surface area contributed by atoms with Gasteiger partial charge < -0.3 is 9.73 Å². The van der Waals surface area contributed by atoms with Gasteiger partial charge in [-0.3, -0.25) is 4.79 Å². The van der Waals surface area contributed by atoms with Gasteiger partial charge in [-0.15, -0.1) is 5.10 Å². The Kier molecular flexibility index (Phi) is 3.80. The normalized spacial score (nSPS) is 10.4. The van der Waals surface area contributed by atoms with Gasteiger partial charge in [0.05, 0.1) is 5.56 Å². The number of amides is 1. The van der Waals surface area contributed by atoms with E-state index >= 15 is 0 Å². The first-order valence-electron chi connectivity index (χ1n) is 6.35. The van der Waals surface area contributed by atoms with Gasteiger partial charge in [0.1, 0.15) is 5.82 Å². The molecule has 110 valence electrons. The van der Waals surface area contributed by atoms with E-state index < -0.39 is 11.7 Å². The number of nitrogens with zero attached hydrogens (tertiary/aromatic N) is 1. The first kappa shape index (κ1) is 14.2. The molecule has 2 N–H and O–H groups in total. The number of hydrogen-bond acceptors (Lipinski definition) is 4. The minimum Gasteiger partial charge on any atom is -0.409 e. The van der Waals surface area contributed by atoms with Gasteiger partial charge in [-0.25, -0.2) is 9.49 Å². The Bertz CT molecular complexity index is 871. The van der Waals surface area contributed by atoms with Crippen LogP contribution in [0.15, 0.2) is 52.9 Å². The van der Waals surface area contributed by atoms with Crippen molar-refractivity contribution in [2.24, 2.45) is 0 Å². The predicted octanol–water partition coefficient (Wildman–Crippen LogP) is 3.79. The van der Waals surface area contributed by atoms with Gasteiger partial charge in [0.25, 0.3) is 10.7 Å². The number of H-pyrrole nitrogens is 1. The van der Waals surface area contributed by atoms with Gasteiger partial charge in [-0.05, 0) is 48.6 Å². The molecular formula is C15H10FN3O2S. The minimum absolute atomic E-state index is 0.00961. The van der Waals surface area contributed by atoms with Crippen LogP contribution in [0.25, 0.3) is 11.5 Å². The van der Waals surface area contributed by atoms with Crippen LogP contribution in [0.5, 0.6) is 0 Å². The number of carbonyl (C=O) groups excluding carboxylic acids is 1. The van der Waals surface area contributed by atoms with Crippen molar-refractivity contribution in [1.29, 1.82) is 0 Å². The molecule has 1 aromatic heterocycles. The van der Waals surface area contributed by atoms with E-state index in [9.17, 15) is 9.18 Å². The van der Waals surface area contributed by atoms with Crippen molar-refractivity contribution in [2.75, 3.05) is 5.32 Å². The van der Waals surface area contributed by atoms with Crippen LogP contribution in [0.3, 0.4) is 0 Å². The first-order valence-corrected chi connectivity index (χ1v) is 6.76. The molecule has 0 aliphatic rings. The molecule has 2 aromatic carbocycles. The number of aromatic nitrogens is 2. The number of carbonyl (C=O) groups is 1. The SMILES string of the molecule is O=C(Nc1ccc(-c2n[nH]c(=S)o2)cc1)c1ccccc1F. The van der Waals surface area contributed by atoms with Crippen molar-refractivity contribution in [3.63, 3.8) is 0 Å². The fourth-order valence-corrected chi connectivity index (χ4v) is 2.02. The standard InChI is InChI=1S/C15H10FN3O2S/c16-12-4-2-1-3-11(12)13(20)17-10-7-5-9(6-8-10)14-18-19-15(22)21-14/h1-8H,(H,17,20)(H,19,22). The van der Waals surface area contributed by atoms with Crippen molar-refractivity contribution in [1.82, 2.24) is 10.2 Å². The highest BCUT2D eigenvalue weighted by Gasteiger charge is 2.11. The molecular weight excluding hydrogens is 305 g/mol. The third-order valence-corrected chi connectivity index (χ3v) is 3.12. The number of hydrogen-bond donors (Lipinski definition) is 2. The number of rotatable bonds is 3. The first-order chi connectivity index (χ1) is 10.6. The molecule has 22 heavy (non-hydrogen) atoms. The molecule has 0 atom stereocenters. The van der Waals surface area contributed by atoms with Crippen molar-refractivity contribution < 1.29 is 13.6 Å². The molecule has 0 bridgehead atoms. The monoisotopic (exact) mass is 315 g/mol. The van der Waals surface area contributed by atoms with Crippen molar-refractivity contribution in [3.8, 4) is 11.5 Å². The van der Waals surface area contributed by atoms with Crippen LogP contribution in [0, 0.1) is 10.7 Å². The average molecular weight is 315 g/mol. The summed E-state index contributed by atoms with van der Waals surface area (Å²) >= 11 is 4.80. The van der Waals surface area contributed by atoms with Crippen LogP contribution < -0.4 is 5.32 Å². The summed E-state index contributed by atoms with van der Waals surface area (Å²) in [7, 11) is 0. The summed E-state index contributed by atoms with van der Waals surface area (Å²) in [6.45, 7) is 0. The second-order valence-corrected chi connectivity index (χ2v) is 4.80. The van der Waals surface area contributed by atoms with E-state index in [1.165, 1.54) is 18.2 Å². The van der Waals surface area contributed by atoms with Crippen LogP contribution in [0.1, 0.15) is 10.4 Å². The average Bonchev–Trinajstić information content (AvgIpc) is 2.95. The molecule has 0 saturated heterocycles. The Morgan fingerprint density at radius 2 is 1.91 bits per heavy atom. The number of aromatic amines is 1. The van der Waals surface area contributed by atoms with Crippen LogP contribution in [0.4, 0.5) is 10.1 Å². The Hall–Kier alpha value is -2.80. The smallest absolute Gasteiger partial charge is 0.284 e. The van der Waals surface area contributed by atoms with Gasteiger partial charge in [-0.2, -0.15) is 0 Å². The maximum atomic E-state index is 13.5. The third kappa shape index (κ3) is 2.94. The highest BCUT2D eigenvalue weighted by atomic mass is 32.1. The highest BCUT2D eigenvalue weighted by Crippen LogP contribution is 2.20. The molecule has 3 aromatic rings. The predicted molar refractivity (Wildman–Crippen MR) is 81.5 cm³/mol. The highest BCUT2D eigenvalue weighted by molar-refractivity contribution is 7.71. The molecule has 7 heteroatoms. The quantitative estimate of drug-likeness (QED) is 0.721. The van der Waals surface area contributed by atoms with Crippen molar-refractivity contribution in [3.05, 3.63) is 64.7 Å².